The first-order chi connectivity index (χ1) is 8.65. The van der Waals surface area contributed by atoms with Gasteiger partial charge in [-0.25, -0.2) is 4.39 Å². The van der Waals surface area contributed by atoms with Crippen LogP contribution in [0, 0.1) is 5.92 Å². The van der Waals surface area contributed by atoms with E-state index in [1.54, 1.807) is 24.3 Å². The molecule has 0 amide bonds. The number of alkyl halides is 1. The van der Waals surface area contributed by atoms with Crippen LogP contribution in [0.25, 0.3) is 0 Å². The van der Waals surface area contributed by atoms with Crippen LogP contribution in [0.2, 0.25) is 0 Å². The zero-order valence-corrected chi connectivity index (χ0v) is 11.1. The third-order valence-corrected chi connectivity index (χ3v) is 3.78. The molecule has 0 atom stereocenters. The Bertz CT molecular complexity index is 342. The Morgan fingerprint density at radius 1 is 1.28 bits per heavy atom. The number of piperidine rings is 1. The fourth-order valence-corrected chi connectivity index (χ4v) is 2.67. The van der Waals surface area contributed by atoms with Crippen molar-refractivity contribution in [2.45, 2.75) is 44.8 Å². The number of carbonyl (C=O) groups excluding carboxylic acids is 1. The van der Waals surface area contributed by atoms with Crippen molar-refractivity contribution >= 4 is 5.78 Å². The first-order valence-electron chi connectivity index (χ1n) is 7.01. The molecular weight excluding hydrogens is 229 g/mol. The van der Waals surface area contributed by atoms with Gasteiger partial charge in [0.05, 0.1) is 5.92 Å². The van der Waals surface area contributed by atoms with E-state index in [-0.39, 0.29) is 11.7 Å². The number of rotatable bonds is 4. The summed E-state index contributed by atoms with van der Waals surface area (Å²) in [6.45, 7) is 3.60. The molecule has 1 saturated heterocycles. The van der Waals surface area contributed by atoms with E-state index in [0.29, 0.717) is 6.42 Å². The maximum atomic E-state index is 14.7. The monoisotopic (exact) mass is 251 g/mol. The number of hydrogen-bond donors (Lipinski definition) is 0. The van der Waals surface area contributed by atoms with Crippen LogP contribution in [-0.4, -0.2) is 29.6 Å². The van der Waals surface area contributed by atoms with Crippen LogP contribution >= 0.6 is 0 Å². The maximum Gasteiger partial charge on any atom is 0.201 e. The second-order valence-corrected chi connectivity index (χ2v) is 5.24. The van der Waals surface area contributed by atoms with Crippen molar-refractivity contribution in [3.63, 3.8) is 0 Å². The lowest BCUT2D eigenvalue weighted by atomic mass is 9.92. The van der Waals surface area contributed by atoms with Gasteiger partial charge in [-0.15, -0.1) is 0 Å². The molecule has 100 valence electrons. The van der Waals surface area contributed by atoms with E-state index in [0.717, 1.165) is 32.4 Å². The number of likely N-dealkylation sites (tertiary alicyclic amines) is 1. The average Bonchev–Trinajstić information content (AvgIpc) is 2.41. The van der Waals surface area contributed by atoms with Gasteiger partial charge in [-0.05, 0) is 31.4 Å². The van der Waals surface area contributed by atoms with Crippen LogP contribution in [0.3, 0.4) is 0 Å². The summed E-state index contributed by atoms with van der Waals surface area (Å²) in [6.07, 6.45) is 11.3. The number of ketones is 1. The second-order valence-electron chi connectivity index (χ2n) is 5.24. The van der Waals surface area contributed by atoms with Crippen molar-refractivity contribution in [1.82, 2.24) is 4.90 Å². The van der Waals surface area contributed by atoms with Gasteiger partial charge in [0.25, 0.3) is 0 Å². The smallest absolute Gasteiger partial charge is 0.201 e. The van der Waals surface area contributed by atoms with Gasteiger partial charge < -0.3 is 0 Å². The largest absolute Gasteiger partial charge is 0.299 e. The molecule has 1 heterocycles. The molecule has 2 rings (SSSR count). The topological polar surface area (TPSA) is 20.3 Å². The highest BCUT2D eigenvalue weighted by molar-refractivity contribution is 5.84. The summed E-state index contributed by atoms with van der Waals surface area (Å²) in [7, 11) is 0. The number of allylic oxidation sites excluding steroid dienone is 2. The van der Waals surface area contributed by atoms with Gasteiger partial charge in [-0.3, -0.25) is 9.69 Å². The third kappa shape index (κ3) is 2.89. The van der Waals surface area contributed by atoms with Crippen LogP contribution in [-0.2, 0) is 4.79 Å². The molecule has 1 aliphatic heterocycles. The first-order valence-corrected chi connectivity index (χ1v) is 7.01. The number of Topliss-reactive ketones (excluding diaryl/α,β-unsaturated/α-hetero) is 1. The summed E-state index contributed by atoms with van der Waals surface area (Å²) >= 11 is 0. The predicted molar refractivity (Wildman–Crippen MR) is 70.9 cm³/mol. The Labute approximate surface area is 109 Å². The zero-order chi connectivity index (χ0) is 13.0. The molecule has 0 bridgehead atoms. The van der Waals surface area contributed by atoms with Gasteiger partial charge >= 0.3 is 0 Å². The lowest BCUT2D eigenvalue weighted by Crippen LogP contribution is -2.46. The molecule has 2 nitrogen and oxygen atoms in total. The Morgan fingerprint density at radius 2 is 1.89 bits per heavy atom. The Kier molecular flexibility index (Phi) is 4.33. The number of carbonyl (C=O) groups is 1. The average molecular weight is 251 g/mol. The minimum absolute atomic E-state index is 0.186. The summed E-state index contributed by atoms with van der Waals surface area (Å²) in [5, 5.41) is 0. The quantitative estimate of drug-likeness (QED) is 0.564. The maximum absolute atomic E-state index is 14.7. The van der Waals surface area contributed by atoms with Gasteiger partial charge in [0.1, 0.15) is 5.78 Å². The van der Waals surface area contributed by atoms with E-state index in [1.165, 1.54) is 6.42 Å². The molecule has 1 aliphatic carbocycles. The van der Waals surface area contributed by atoms with E-state index < -0.39 is 5.79 Å². The lowest BCUT2D eigenvalue weighted by molar-refractivity contribution is -0.120. The number of hydrogen-bond acceptors (Lipinski definition) is 2. The minimum atomic E-state index is -1.47. The summed E-state index contributed by atoms with van der Waals surface area (Å²) in [5.74, 6) is -1.51. The van der Waals surface area contributed by atoms with Crippen molar-refractivity contribution in [3.05, 3.63) is 24.3 Å². The van der Waals surface area contributed by atoms with Gasteiger partial charge in [-0.2, -0.15) is 0 Å². The molecule has 0 radical (unpaired) electrons. The Morgan fingerprint density at radius 3 is 2.44 bits per heavy atom. The Balaban J connectivity index is 2.00. The molecule has 0 unspecified atom stereocenters. The standard InChI is InChI=1S/C15H22FNO/c1-2-6-14(18)13-7-9-15(16,10-8-13)17-11-4-3-5-12-17/h7-10,13H,2-6,11-12H2,1H3. The van der Waals surface area contributed by atoms with E-state index in [2.05, 4.69) is 0 Å². The Hall–Kier alpha value is -0.960. The van der Waals surface area contributed by atoms with E-state index in [4.69, 9.17) is 0 Å². The highest BCUT2D eigenvalue weighted by Gasteiger charge is 2.35. The highest BCUT2D eigenvalue weighted by atomic mass is 19.1. The third-order valence-electron chi connectivity index (χ3n) is 3.78. The molecular formula is C15H22FNO. The van der Waals surface area contributed by atoms with Gasteiger partial charge in [0.15, 0.2) is 0 Å². The predicted octanol–water partition coefficient (Wildman–Crippen LogP) is 3.25. The molecule has 3 heteroatoms. The van der Waals surface area contributed by atoms with E-state index >= 15 is 0 Å². The van der Waals surface area contributed by atoms with Gasteiger partial charge in [-0.1, -0.05) is 25.5 Å². The molecule has 0 aromatic carbocycles. The summed E-state index contributed by atoms with van der Waals surface area (Å²) in [6, 6.07) is 0. The molecule has 0 aromatic rings. The molecule has 1 fully saturated rings. The fraction of sp³-hybridized carbons (Fsp3) is 0.667. The first kappa shape index (κ1) is 13.5. The van der Waals surface area contributed by atoms with Crippen LogP contribution < -0.4 is 0 Å². The summed E-state index contributed by atoms with van der Waals surface area (Å²) in [5.41, 5.74) is 0. The van der Waals surface area contributed by atoms with Crippen LogP contribution in [0.4, 0.5) is 4.39 Å². The molecule has 0 saturated carbocycles. The minimum Gasteiger partial charge on any atom is -0.299 e. The zero-order valence-electron chi connectivity index (χ0n) is 11.1. The molecule has 18 heavy (non-hydrogen) atoms. The lowest BCUT2D eigenvalue weighted by Gasteiger charge is -2.37. The SMILES string of the molecule is CCCC(=O)C1C=CC(F)(N2CCCCC2)C=C1. The van der Waals surface area contributed by atoms with Gasteiger partial charge in [0.2, 0.25) is 5.79 Å². The van der Waals surface area contributed by atoms with Crippen LogP contribution in [0.1, 0.15) is 39.0 Å². The fourth-order valence-electron chi connectivity index (χ4n) is 2.67. The summed E-state index contributed by atoms with van der Waals surface area (Å²) in [4.78, 5) is 13.6. The molecule has 2 aliphatic rings. The molecule has 0 spiro atoms. The van der Waals surface area contributed by atoms with Crippen LogP contribution in [0.5, 0.6) is 0 Å². The second kappa shape index (κ2) is 5.79. The molecule has 0 N–H and O–H groups in total. The van der Waals surface area contributed by atoms with Crippen molar-refractivity contribution in [2.24, 2.45) is 5.92 Å². The highest BCUT2D eigenvalue weighted by Crippen LogP contribution is 2.30. The van der Waals surface area contributed by atoms with Crippen molar-refractivity contribution in [3.8, 4) is 0 Å². The number of halogens is 1. The van der Waals surface area contributed by atoms with E-state index in [1.807, 2.05) is 11.8 Å². The molecule has 0 aromatic heterocycles. The number of nitrogens with zero attached hydrogens (tertiary/aromatic N) is 1. The van der Waals surface area contributed by atoms with Crippen molar-refractivity contribution in [2.75, 3.05) is 13.1 Å². The van der Waals surface area contributed by atoms with Crippen molar-refractivity contribution < 1.29 is 9.18 Å². The summed E-state index contributed by atoms with van der Waals surface area (Å²) < 4.78 is 14.7. The van der Waals surface area contributed by atoms with Gasteiger partial charge in [0, 0.05) is 19.5 Å². The van der Waals surface area contributed by atoms with Crippen molar-refractivity contribution in [1.29, 1.82) is 0 Å². The normalized spacial score (nSPS) is 32.7. The van der Waals surface area contributed by atoms with E-state index in [9.17, 15) is 9.18 Å². The van der Waals surface area contributed by atoms with Crippen LogP contribution in [0.15, 0.2) is 24.3 Å².